The molecule has 0 aliphatic carbocycles. The number of aromatic nitrogens is 1. The van der Waals surface area contributed by atoms with Gasteiger partial charge in [-0.1, -0.05) is 6.92 Å². The number of nitrogens with one attached hydrogen (secondary N) is 1. The van der Waals surface area contributed by atoms with Crippen LogP contribution in [0.1, 0.15) is 25.8 Å². The van der Waals surface area contributed by atoms with E-state index in [9.17, 15) is 9.59 Å². The Morgan fingerprint density at radius 3 is 2.50 bits per heavy atom. The number of aliphatic carboxylic acids is 1. The van der Waals surface area contributed by atoms with E-state index < -0.39 is 11.4 Å². The van der Waals surface area contributed by atoms with E-state index in [4.69, 9.17) is 5.11 Å². The molecule has 0 aliphatic rings. The van der Waals surface area contributed by atoms with Gasteiger partial charge >= 0.3 is 5.97 Å². The van der Waals surface area contributed by atoms with Crippen LogP contribution in [0.4, 0.5) is 0 Å². The van der Waals surface area contributed by atoms with Gasteiger partial charge in [-0.25, -0.2) is 0 Å². The number of carbonyl (C=O) groups excluding carboxylic acids is 1. The van der Waals surface area contributed by atoms with Crippen molar-refractivity contribution < 1.29 is 14.7 Å². The molecule has 0 fully saturated rings. The highest BCUT2D eigenvalue weighted by molar-refractivity contribution is 5.80. The maximum atomic E-state index is 11.7. The summed E-state index contributed by atoms with van der Waals surface area (Å²) in [5.41, 5.74) is -0.0514. The van der Waals surface area contributed by atoms with Crippen LogP contribution in [0.25, 0.3) is 0 Å². The van der Waals surface area contributed by atoms with Crippen LogP contribution < -0.4 is 5.32 Å². The summed E-state index contributed by atoms with van der Waals surface area (Å²) in [4.78, 5) is 26.6. The molecule has 1 rings (SSSR count). The largest absolute Gasteiger partial charge is 0.481 e. The lowest BCUT2D eigenvalue weighted by Crippen LogP contribution is -2.41. The second-order valence-corrected chi connectivity index (χ2v) is 4.53. The number of hydrogen-bond acceptors (Lipinski definition) is 3. The third-order valence-electron chi connectivity index (χ3n) is 3.09. The summed E-state index contributed by atoms with van der Waals surface area (Å²) < 4.78 is 0. The van der Waals surface area contributed by atoms with Gasteiger partial charge in [0.1, 0.15) is 0 Å². The summed E-state index contributed by atoms with van der Waals surface area (Å²) in [5, 5.41) is 11.7. The quantitative estimate of drug-likeness (QED) is 0.796. The Morgan fingerprint density at radius 1 is 1.39 bits per heavy atom. The minimum Gasteiger partial charge on any atom is -0.481 e. The number of carboxylic acid groups (broad SMARTS) is 1. The molecule has 1 aromatic rings. The summed E-state index contributed by atoms with van der Waals surface area (Å²) in [7, 11) is 0. The standard InChI is InChI=1S/C13H18N2O3/c1-3-13(2,12(17)18)9-15-11(16)8-10-4-6-14-7-5-10/h4-7H,3,8-9H2,1-2H3,(H,15,16)(H,17,18). The first-order valence-electron chi connectivity index (χ1n) is 5.87. The van der Waals surface area contributed by atoms with E-state index in [0.29, 0.717) is 6.42 Å². The van der Waals surface area contributed by atoms with Crippen molar-refractivity contribution in [1.29, 1.82) is 0 Å². The number of nitrogens with zero attached hydrogens (tertiary/aromatic N) is 1. The smallest absolute Gasteiger partial charge is 0.311 e. The zero-order valence-corrected chi connectivity index (χ0v) is 10.6. The van der Waals surface area contributed by atoms with Gasteiger partial charge < -0.3 is 10.4 Å². The van der Waals surface area contributed by atoms with Crippen LogP contribution in [0.5, 0.6) is 0 Å². The van der Waals surface area contributed by atoms with Crippen LogP contribution in [0.3, 0.4) is 0 Å². The zero-order chi connectivity index (χ0) is 13.6. The summed E-state index contributed by atoms with van der Waals surface area (Å²) in [6, 6.07) is 3.52. The first-order chi connectivity index (χ1) is 8.48. The Bertz CT molecular complexity index is 420. The molecule has 0 spiro atoms. The third-order valence-corrected chi connectivity index (χ3v) is 3.09. The maximum absolute atomic E-state index is 11.7. The molecule has 1 atom stereocenters. The van der Waals surface area contributed by atoms with Gasteiger partial charge in [0.25, 0.3) is 0 Å². The number of amides is 1. The number of pyridine rings is 1. The average molecular weight is 250 g/mol. The summed E-state index contributed by atoms with van der Waals surface area (Å²) in [6.07, 6.45) is 3.95. The maximum Gasteiger partial charge on any atom is 0.311 e. The molecule has 2 N–H and O–H groups in total. The van der Waals surface area contributed by atoms with E-state index >= 15 is 0 Å². The summed E-state index contributed by atoms with van der Waals surface area (Å²) in [6.45, 7) is 3.56. The molecule has 0 saturated carbocycles. The molecule has 0 aliphatic heterocycles. The fraction of sp³-hybridized carbons (Fsp3) is 0.462. The van der Waals surface area contributed by atoms with Gasteiger partial charge in [-0.3, -0.25) is 14.6 Å². The van der Waals surface area contributed by atoms with Gasteiger partial charge in [0.05, 0.1) is 11.8 Å². The molecule has 5 nitrogen and oxygen atoms in total. The molecule has 1 aromatic heterocycles. The van der Waals surface area contributed by atoms with Crippen molar-refractivity contribution in [1.82, 2.24) is 10.3 Å². The van der Waals surface area contributed by atoms with Crippen LogP contribution in [0.15, 0.2) is 24.5 Å². The normalized spacial score (nSPS) is 13.7. The number of hydrogen-bond donors (Lipinski definition) is 2. The predicted molar refractivity (Wildman–Crippen MR) is 67.0 cm³/mol. The van der Waals surface area contributed by atoms with Gasteiger partial charge in [-0.05, 0) is 31.0 Å². The molecule has 5 heteroatoms. The molecular formula is C13H18N2O3. The van der Waals surface area contributed by atoms with Crippen LogP contribution in [-0.4, -0.2) is 28.5 Å². The minimum atomic E-state index is -0.909. The first kappa shape index (κ1) is 14.2. The Balaban J connectivity index is 2.49. The number of rotatable bonds is 6. The van der Waals surface area contributed by atoms with Crippen molar-refractivity contribution in [2.75, 3.05) is 6.54 Å². The van der Waals surface area contributed by atoms with Gasteiger partial charge in [-0.2, -0.15) is 0 Å². The Kier molecular flexibility index (Phi) is 4.83. The van der Waals surface area contributed by atoms with Gasteiger partial charge in [0.2, 0.25) is 5.91 Å². The van der Waals surface area contributed by atoms with Crippen LogP contribution in [0, 0.1) is 5.41 Å². The fourth-order valence-electron chi connectivity index (χ4n) is 1.39. The molecule has 0 aromatic carbocycles. The van der Waals surface area contributed by atoms with Crippen molar-refractivity contribution in [2.45, 2.75) is 26.7 Å². The highest BCUT2D eigenvalue weighted by atomic mass is 16.4. The van der Waals surface area contributed by atoms with E-state index in [1.807, 2.05) is 0 Å². The van der Waals surface area contributed by atoms with Crippen molar-refractivity contribution in [3.8, 4) is 0 Å². The predicted octanol–water partition coefficient (Wildman–Crippen LogP) is 1.24. The van der Waals surface area contributed by atoms with E-state index in [1.54, 1.807) is 38.4 Å². The van der Waals surface area contributed by atoms with Gasteiger partial charge in [0, 0.05) is 18.9 Å². The van der Waals surface area contributed by atoms with Crippen molar-refractivity contribution in [3.63, 3.8) is 0 Å². The van der Waals surface area contributed by atoms with Crippen LogP contribution in [0.2, 0.25) is 0 Å². The highest BCUT2D eigenvalue weighted by Crippen LogP contribution is 2.19. The summed E-state index contributed by atoms with van der Waals surface area (Å²) in [5.74, 6) is -1.07. The molecule has 1 amide bonds. The highest BCUT2D eigenvalue weighted by Gasteiger charge is 2.31. The van der Waals surface area contributed by atoms with E-state index in [2.05, 4.69) is 10.3 Å². The van der Waals surface area contributed by atoms with Gasteiger partial charge in [-0.15, -0.1) is 0 Å². The molecule has 18 heavy (non-hydrogen) atoms. The zero-order valence-electron chi connectivity index (χ0n) is 10.6. The minimum absolute atomic E-state index is 0.142. The first-order valence-corrected chi connectivity index (χ1v) is 5.87. The third kappa shape index (κ3) is 3.84. The van der Waals surface area contributed by atoms with Gasteiger partial charge in [0.15, 0.2) is 0 Å². The lowest BCUT2D eigenvalue weighted by Gasteiger charge is -2.23. The van der Waals surface area contributed by atoms with Crippen molar-refractivity contribution in [3.05, 3.63) is 30.1 Å². The van der Waals surface area contributed by atoms with E-state index in [0.717, 1.165) is 5.56 Å². The second kappa shape index (κ2) is 6.14. The Labute approximate surface area is 106 Å². The second-order valence-electron chi connectivity index (χ2n) is 4.53. The Morgan fingerprint density at radius 2 is 2.00 bits per heavy atom. The number of carboxylic acids is 1. The average Bonchev–Trinajstić information content (AvgIpc) is 2.37. The fourth-order valence-corrected chi connectivity index (χ4v) is 1.39. The monoisotopic (exact) mass is 250 g/mol. The molecule has 1 heterocycles. The molecule has 0 bridgehead atoms. The molecular weight excluding hydrogens is 232 g/mol. The molecule has 0 saturated heterocycles. The van der Waals surface area contributed by atoms with Crippen molar-refractivity contribution in [2.24, 2.45) is 5.41 Å². The lowest BCUT2D eigenvalue weighted by molar-refractivity contribution is -0.148. The SMILES string of the molecule is CCC(C)(CNC(=O)Cc1ccncc1)C(=O)O. The molecule has 98 valence electrons. The molecule has 0 radical (unpaired) electrons. The van der Waals surface area contributed by atoms with Crippen LogP contribution >= 0.6 is 0 Å². The van der Waals surface area contributed by atoms with E-state index in [1.165, 1.54) is 0 Å². The number of carbonyl (C=O) groups is 2. The lowest BCUT2D eigenvalue weighted by atomic mass is 9.87. The van der Waals surface area contributed by atoms with Crippen LogP contribution in [-0.2, 0) is 16.0 Å². The summed E-state index contributed by atoms with van der Waals surface area (Å²) >= 11 is 0. The Hall–Kier alpha value is -1.91. The topological polar surface area (TPSA) is 79.3 Å². The molecule has 1 unspecified atom stereocenters. The van der Waals surface area contributed by atoms with Crippen molar-refractivity contribution >= 4 is 11.9 Å². The van der Waals surface area contributed by atoms with E-state index in [-0.39, 0.29) is 18.9 Å².